The fourth-order valence-corrected chi connectivity index (χ4v) is 10.4. The molecule has 0 amide bonds. The molecule has 0 spiro atoms. The van der Waals surface area contributed by atoms with Gasteiger partial charge in [0, 0.05) is 49.4 Å². The number of fused-ring (bicyclic) bond motifs is 10. The second-order valence-corrected chi connectivity index (χ2v) is 17.0. The number of rotatable bonds is 5. The van der Waals surface area contributed by atoms with Crippen molar-refractivity contribution < 1.29 is 13.2 Å². The van der Waals surface area contributed by atoms with Crippen LogP contribution in [-0.4, -0.2) is 14.8 Å². The molecule has 66 heavy (non-hydrogen) atoms. The van der Waals surface area contributed by atoms with Crippen molar-refractivity contribution in [2.45, 2.75) is 12.3 Å². The molecule has 13 rings (SSSR count). The number of halogens is 3. The van der Waals surface area contributed by atoms with Crippen molar-refractivity contribution in [3.05, 3.63) is 235 Å². The van der Waals surface area contributed by atoms with Gasteiger partial charge in [-0.2, -0.15) is 13.2 Å². The molecule has 0 fully saturated rings. The summed E-state index contributed by atoms with van der Waals surface area (Å²) < 4.78 is 46.3. The molecule has 4 nitrogen and oxygen atoms in total. The summed E-state index contributed by atoms with van der Waals surface area (Å²) in [6.45, 7) is 0. The van der Waals surface area contributed by atoms with Gasteiger partial charge >= 0.3 is 6.18 Å². The summed E-state index contributed by atoms with van der Waals surface area (Å²) in [6, 6.07) is 71.7. The van der Waals surface area contributed by atoms with Crippen molar-refractivity contribution >= 4 is 76.6 Å². The van der Waals surface area contributed by atoms with E-state index in [2.05, 4.69) is 178 Å². The SMILES string of the molecule is FC(F)(F)c1ccc2ccc(C3N=C(c4cccc(-n5c6ccccc6c6c(-c7cccc8c7c7ccccc7n8-c7ccccc7)cccc65)c4)c4ccc5ccccc5c4N3)cc2c1. The molecule has 10 aromatic carbocycles. The summed E-state index contributed by atoms with van der Waals surface area (Å²) in [4.78, 5) is 5.40. The topological polar surface area (TPSA) is 34.2 Å². The molecule has 0 saturated carbocycles. The van der Waals surface area contributed by atoms with Gasteiger partial charge in [0.1, 0.15) is 6.17 Å². The molecule has 0 bridgehead atoms. The van der Waals surface area contributed by atoms with Gasteiger partial charge in [-0.3, -0.25) is 4.99 Å². The van der Waals surface area contributed by atoms with Crippen molar-refractivity contribution in [2.24, 2.45) is 4.99 Å². The second kappa shape index (κ2) is 14.6. The van der Waals surface area contributed by atoms with Crippen LogP contribution in [0.4, 0.5) is 18.9 Å². The van der Waals surface area contributed by atoms with E-state index in [4.69, 9.17) is 4.99 Å². The Labute approximate surface area is 377 Å². The van der Waals surface area contributed by atoms with E-state index in [-0.39, 0.29) is 0 Å². The molecule has 1 unspecified atom stereocenters. The van der Waals surface area contributed by atoms with E-state index in [0.717, 1.165) is 94.7 Å². The van der Waals surface area contributed by atoms with Crippen molar-refractivity contribution in [1.29, 1.82) is 0 Å². The molecule has 12 aromatic rings. The third kappa shape index (κ3) is 5.90. The van der Waals surface area contributed by atoms with Crippen molar-refractivity contribution in [3.63, 3.8) is 0 Å². The molecule has 1 atom stereocenters. The first kappa shape index (κ1) is 38.1. The molecule has 3 heterocycles. The zero-order chi connectivity index (χ0) is 44.1. The number of hydrogen-bond acceptors (Lipinski definition) is 2. The zero-order valence-electron chi connectivity index (χ0n) is 35.3. The number of benzene rings is 10. The van der Waals surface area contributed by atoms with Crippen LogP contribution in [0.1, 0.15) is 28.4 Å². The molecule has 2 aromatic heterocycles. The van der Waals surface area contributed by atoms with Crippen LogP contribution in [0.15, 0.2) is 217 Å². The summed E-state index contributed by atoms with van der Waals surface area (Å²) in [5.74, 6) is 0. The van der Waals surface area contributed by atoms with Crippen molar-refractivity contribution in [1.82, 2.24) is 9.13 Å². The highest BCUT2D eigenvalue weighted by atomic mass is 19.4. The Morgan fingerprint density at radius 3 is 1.71 bits per heavy atom. The molecule has 314 valence electrons. The third-order valence-electron chi connectivity index (χ3n) is 13.3. The van der Waals surface area contributed by atoms with Crippen LogP contribution in [0.2, 0.25) is 0 Å². The minimum atomic E-state index is -4.45. The van der Waals surface area contributed by atoms with Crippen LogP contribution in [0.3, 0.4) is 0 Å². The fraction of sp³-hybridized carbons (Fsp3) is 0.0339. The number of aliphatic imine (C=N–C) groups is 1. The molecule has 0 radical (unpaired) electrons. The largest absolute Gasteiger partial charge is 0.416 e. The Morgan fingerprint density at radius 2 is 1.00 bits per heavy atom. The number of nitrogens with one attached hydrogen (secondary N) is 1. The normalized spacial score (nSPS) is 14.0. The molecule has 0 aliphatic carbocycles. The van der Waals surface area contributed by atoms with E-state index in [9.17, 15) is 13.2 Å². The van der Waals surface area contributed by atoms with Crippen molar-refractivity contribution in [2.75, 3.05) is 5.32 Å². The van der Waals surface area contributed by atoms with Crippen LogP contribution in [0.5, 0.6) is 0 Å². The summed E-state index contributed by atoms with van der Waals surface area (Å²) in [6.07, 6.45) is -5.01. The number of aromatic nitrogens is 2. The predicted molar refractivity (Wildman–Crippen MR) is 265 cm³/mol. The monoisotopic (exact) mass is 858 g/mol. The highest BCUT2D eigenvalue weighted by molar-refractivity contribution is 6.23. The van der Waals surface area contributed by atoms with E-state index < -0.39 is 17.9 Å². The first-order valence-corrected chi connectivity index (χ1v) is 22.1. The molecule has 1 aliphatic rings. The lowest BCUT2D eigenvalue weighted by atomic mass is 9.93. The van der Waals surface area contributed by atoms with Crippen molar-refractivity contribution in [3.8, 4) is 22.5 Å². The first-order valence-electron chi connectivity index (χ1n) is 22.1. The molecule has 1 aliphatic heterocycles. The van der Waals surface area contributed by atoms with Crippen LogP contribution in [0, 0.1) is 0 Å². The smallest absolute Gasteiger partial charge is 0.359 e. The second-order valence-electron chi connectivity index (χ2n) is 17.0. The number of para-hydroxylation sites is 3. The summed E-state index contributed by atoms with van der Waals surface area (Å²) in [5.41, 5.74) is 12.6. The van der Waals surface area contributed by atoms with E-state index in [1.54, 1.807) is 0 Å². The molecule has 1 N–H and O–H groups in total. The Morgan fingerprint density at radius 1 is 0.424 bits per heavy atom. The van der Waals surface area contributed by atoms with E-state index >= 15 is 0 Å². The number of anilines is 1. The Kier molecular flexibility index (Phi) is 8.40. The molecule has 7 heteroatoms. The lowest BCUT2D eigenvalue weighted by Gasteiger charge is -2.28. The summed E-state index contributed by atoms with van der Waals surface area (Å²) in [5, 5.41) is 11.8. The maximum atomic E-state index is 13.9. The third-order valence-corrected chi connectivity index (χ3v) is 13.3. The highest BCUT2D eigenvalue weighted by Crippen LogP contribution is 2.45. The lowest BCUT2D eigenvalue weighted by Crippen LogP contribution is -2.21. The number of hydrogen-bond donors (Lipinski definition) is 1. The van der Waals surface area contributed by atoms with Gasteiger partial charge < -0.3 is 14.5 Å². The Bertz CT molecular complexity index is 3970. The minimum absolute atomic E-state index is 0.510. The molecular formula is C59H37F3N4. The van der Waals surface area contributed by atoms with E-state index in [1.807, 2.05) is 30.3 Å². The van der Waals surface area contributed by atoms with Crippen LogP contribution < -0.4 is 5.32 Å². The molecule has 0 saturated heterocycles. The maximum absolute atomic E-state index is 13.9. The average molecular weight is 859 g/mol. The quantitative estimate of drug-likeness (QED) is 0.184. The molecular weight excluding hydrogens is 822 g/mol. The van der Waals surface area contributed by atoms with Gasteiger partial charge in [-0.15, -0.1) is 0 Å². The number of nitrogens with zero attached hydrogens (tertiary/aromatic N) is 3. The van der Waals surface area contributed by atoms with Gasteiger partial charge in [0.25, 0.3) is 0 Å². The first-order chi connectivity index (χ1) is 32.4. The van der Waals surface area contributed by atoms with E-state index in [1.165, 1.54) is 33.9 Å². The maximum Gasteiger partial charge on any atom is 0.416 e. The summed E-state index contributed by atoms with van der Waals surface area (Å²) in [7, 11) is 0. The van der Waals surface area contributed by atoms with Crippen LogP contribution in [-0.2, 0) is 6.18 Å². The Balaban J connectivity index is 1.000. The average Bonchev–Trinajstić information content (AvgIpc) is 3.89. The predicted octanol–water partition coefficient (Wildman–Crippen LogP) is 15.8. The summed E-state index contributed by atoms with van der Waals surface area (Å²) >= 11 is 0. The standard InChI is InChI=1S/C59H37F3N4/c60-59(61,62)41-31-29-36-27-28-39(33-40(36)34-41)58-63-56(49-32-30-37-13-4-5-18-44(37)57(49)64-58)38-14-10-17-43(35-38)66-51-24-9-7-20-48(51)55-46(22-12-26-53(55)66)45-21-11-25-52-54(45)47-19-6-8-23-50(47)65(52)42-15-2-1-3-16-42/h1-35,58,64H. The fourth-order valence-electron chi connectivity index (χ4n) is 10.4. The van der Waals surface area contributed by atoms with E-state index in [0.29, 0.717) is 5.39 Å². The van der Waals surface area contributed by atoms with Gasteiger partial charge in [0.2, 0.25) is 0 Å². The Hall–Kier alpha value is -8.42. The highest BCUT2D eigenvalue weighted by Gasteiger charge is 2.31. The zero-order valence-corrected chi connectivity index (χ0v) is 35.3. The van der Waals surface area contributed by atoms with Gasteiger partial charge in [-0.25, -0.2) is 0 Å². The van der Waals surface area contributed by atoms with Crippen LogP contribution in [0.25, 0.3) is 87.7 Å². The van der Waals surface area contributed by atoms with Gasteiger partial charge in [-0.05, 0) is 99.6 Å². The minimum Gasteiger partial charge on any atom is -0.359 e. The van der Waals surface area contributed by atoms with Gasteiger partial charge in [0.05, 0.1) is 39.0 Å². The van der Waals surface area contributed by atoms with Gasteiger partial charge in [0.15, 0.2) is 0 Å². The number of alkyl halides is 3. The van der Waals surface area contributed by atoms with Crippen LogP contribution >= 0.6 is 0 Å². The lowest BCUT2D eigenvalue weighted by molar-refractivity contribution is -0.137. The van der Waals surface area contributed by atoms with Gasteiger partial charge in [-0.1, -0.05) is 146 Å².